The molecule has 0 radical (unpaired) electrons. The van der Waals surface area contributed by atoms with Crippen LogP contribution in [-0.2, 0) is 6.61 Å². The topological polar surface area (TPSA) is 57.5 Å². The van der Waals surface area contributed by atoms with Crippen molar-refractivity contribution in [1.82, 2.24) is 0 Å². The number of aromatic carboxylic acids is 1. The van der Waals surface area contributed by atoms with E-state index in [1.165, 1.54) is 6.07 Å². The molecule has 2 N–H and O–H groups in total. The van der Waals surface area contributed by atoms with E-state index in [0.29, 0.717) is 0 Å². The molecule has 0 heterocycles. The summed E-state index contributed by atoms with van der Waals surface area (Å²) in [5.41, 5.74) is -0.327. The van der Waals surface area contributed by atoms with Crippen LogP contribution in [0.5, 0.6) is 0 Å². The Hall–Kier alpha value is -1.13. The van der Waals surface area contributed by atoms with Crippen molar-refractivity contribution in [1.29, 1.82) is 0 Å². The van der Waals surface area contributed by atoms with Crippen molar-refractivity contribution in [2.45, 2.75) is 6.61 Å². The van der Waals surface area contributed by atoms with Crippen LogP contribution in [0.25, 0.3) is 0 Å². The predicted molar refractivity (Wildman–Crippen MR) is 44.3 cm³/mol. The third-order valence-electron chi connectivity index (χ3n) is 1.56. The Kier molecular flexibility index (Phi) is 2.85. The van der Waals surface area contributed by atoms with Gasteiger partial charge in [-0.2, -0.15) is 0 Å². The lowest BCUT2D eigenvalue weighted by Gasteiger charge is -2.03. The lowest BCUT2D eigenvalue weighted by Crippen LogP contribution is -2.02. The predicted octanol–water partition coefficient (Wildman–Crippen LogP) is 1.67. The number of aliphatic hydroxyl groups is 1. The minimum absolute atomic E-state index is 0.171. The smallest absolute Gasteiger partial charge is 0.338 e. The number of aliphatic hydroxyl groups excluding tert-OH is 1. The largest absolute Gasteiger partial charge is 0.478 e. The van der Waals surface area contributed by atoms with Crippen molar-refractivity contribution < 1.29 is 19.4 Å². The van der Waals surface area contributed by atoms with E-state index in [1.54, 1.807) is 0 Å². The molecule has 0 spiro atoms. The first-order valence-electron chi connectivity index (χ1n) is 3.39. The van der Waals surface area contributed by atoms with Gasteiger partial charge in [-0.1, -0.05) is 17.7 Å². The van der Waals surface area contributed by atoms with E-state index in [4.69, 9.17) is 21.8 Å². The second kappa shape index (κ2) is 3.72. The second-order valence-electron chi connectivity index (χ2n) is 2.36. The van der Waals surface area contributed by atoms with Gasteiger partial charge in [0, 0.05) is 0 Å². The Morgan fingerprint density at radius 1 is 1.54 bits per heavy atom. The fourth-order valence-corrected chi connectivity index (χ4v) is 1.10. The maximum atomic E-state index is 13.1. The summed E-state index contributed by atoms with van der Waals surface area (Å²) >= 11 is 5.44. The van der Waals surface area contributed by atoms with Gasteiger partial charge in [0.1, 0.15) is 0 Å². The number of rotatable bonds is 2. The first-order valence-corrected chi connectivity index (χ1v) is 3.76. The van der Waals surface area contributed by atoms with E-state index in [-0.39, 0.29) is 10.6 Å². The first-order chi connectivity index (χ1) is 6.07. The molecule has 0 unspecified atom stereocenters. The van der Waals surface area contributed by atoms with Gasteiger partial charge in [0.05, 0.1) is 17.2 Å². The van der Waals surface area contributed by atoms with Gasteiger partial charge in [0.25, 0.3) is 0 Å². The van der Waals surface area contributed by atoms with Crippen molar-refractivity contribution in [2.24, 2.45) is 0 Å². The number of benzene rings is 1. The number of carbonyl (C=O) groups is 1. The zero-order valence-electron chi connectivity index (χ0n) is 6.42. The number of hydrogen-bond acceptors (Lipinski definition) is 2. The van der Waals surface area contributed by atoms with Crippen molar-refractivity contribution in [2.75, 3.05) is 0 Å². The molecule has 70 valence electrons. The molecular formula is C8H6ClFO3. The van der Waals surface area contributed by atoms with Crippen LogP contribution in [-0.4, -0.2) is 16.2 Å². The summed E-state index contributed by atoms with van der Waals surface area (Å²) in [6, 6.07) is 2.34. The van der Waals surface area contributed by atoms with Crippen LogP contribution in [0.3, 0.4) is 0 Å². The first kappa shape index (κ1) is 9.95. The molecule has 0 bridgehead atoms. The third-order valence-corrected chi connectivity index (χ3v) is 1.97. The minimum atomic E-state index is -1.39. The molecule has 1 rings (SSSR count). The molecule has 0 aliphatic heterocycles. The summed E-state index contributed by atoms with van der Waals surface area (Å²) in [7, 11) is 0. The van der Waals surface area contributed by atoms with Crippen molar-refractivity contribution in [3.63, 3.8) is 0 Å². The van der Waals surface area contributed by atoms with E-state index < -0.39 is 24.0 Å². The van der Waals surface area contributed by atoms with E-state index in [1.807, 2.05) is 0 Å². The van der Waals surface area contributed by atoms with Crippen molar-refractivity contribution >= 4 is 17.6 Å². The highest BCUT2D eigenvalue weighted by atomic mass is 35.5. The third kappa shape index (κ3) is 1.79. The highest BCUT2D eigenvalue weighted by Crippen LogP contribution is 2.23. The maximum absolute atomic E-state index is 13.1. The Bertz CT molecular complexity index is 351. The molecule has 13 heavy (non-hydrogen) atoms. The Morgan fingerprint density at radius 3 is 2.62 bits per heavy atom. The lowest BCUT2D eigenvalue weighted by molar-refractivity contribution is 0.0691. The molecule has 0 aromatic heterocycles. The summed E-state index contributed by atoms with van der Waals surface area (Å²) < 4.78 is 13.1. The molecule has 1 aromatic carbocycles. The van der Waals surface area contributed by atoms with Gasteiger partial charge in [-0.05, 0) is 11.6 Å². The molecule has 5 heteroatoms. The van der Waals surface area contributed by atoms with Gasteiger partial charge >= 0.3 is 5.97 Å². The Balaban J connectivity index is 3.31. The molecule has 0 atom stereocenters. The van der Waals surface area contributed by atoms with Gasteiger partial charge < -0.3 is 10.2 Å². The quantitative estimate of drug-likeness (QED) is 0.771. The van der Waals surface area contributed by atoms with Gasteiger partial charge in [0.2, 0.25) is 0 Å². The summed E-state index contributed by atoms with van der Waals surface area (Å²) in [4.78, 5) is 10.4. The van der Waals surface area contributed by atoms with E-state index in [0.717, 1.165) is 6.07 Å². The number of halogens is 2. The summed E-state index contributed by atoms with van der Waals surface area (Å²) in [6.07, 6.45) is 0. The minimum Gasteiger partial charge on any atom is -0.478 e. The normalized spacial score (nSPS) is 10.1. The van der Waals surface area contributed by atoms with E-state index in [9.17, 15) is 9.18 Å². The average Bonchev–Trinajstić information content (AvgIpc) is 2.09. The summed E-state index contributed by atoms with van der Waals surface area (Å²) in [6.45, 7) is -0.421. The van der Waals surface area contributed by atoms with Crippen molar-refractivity contribution in [3.05, 3.63) is 34.1 Å². The molecule has 0 amide bonds. The standard InChI is InChI=1S/C8H6ClFO3/c9-6-4(3-11)1-2-5(7(6)10)8(12)13/h1-2,11H,3H2,(H,12,13). The van der Waals surface area contributed by atoms with E-state index >= 15 is 0 Å². The second-order valence-corrected chi connectivity index (χ2v) is 2.74. The molecule has 0 saturated heterocycles. The van der Waals surface area contributed by atoms with Crippen LogP contribution < -0.4 is 0 Å². The van der Waals surface area contributed by atoms with Crippen LogP contribution in [0.15, 0.2) is 12.1 Å². The molecule has 3 nitrogen and oxygen atoms in total. The van der Waals surface area contributed by atoms with Crippen LogP contribution in [0.1, 0.15) is 15.9 Å². The monoisotopic (exact) mass is 204 g/mol. The van der Waals surface area contributed by atoms with Crippen molar-refractivity contribution in [3.8, 4) is 0 Å². The molecule has 0 fully saturated rings. The van der Waals surface area contributed by atoms with Gasteiger partial charge in [0.15, 0.2) is 5.82 Å². The summed E-state index contributed by atoms with van der Waals surface area (Å²) in [5, 5.41) is 16.8. The Labute approximate surface area is 78.4 Å². The highest BCUT2D eigenvalue weighted by molar-refractivity contribution is 6.31. The molecule has 0 aliphatic rings. The SMILES string of the molecule is O=C(O)c1ccc(CO)c(Cl)c1F. The Morgan fingerprint density at radius 2 is 2.15 bits per heavy atom. The number of hydrogen-bond donors (Lipinski definition) is 2. The van der Waals surface area contributed by atoms with Gasteiger partial charge in [-0.15, -0.1) is 0 Å². The molecule has 0 aliphatic carbocycles. The zero-order valence-corrected chi connectivity index (χ0v) is 7.18. The van der Waals surface area contributed by atoms with Crippen LogP contribution in [0.2, 0.25) is 5.02 Å². The zero-order chi connectivity index (χ0) is 10.0. The fraction of sp³-hybridized carbons (Fsp3) is 0.125. The maximum Gasteiger partial charge on any atom is 0.338 e. The van der Waals surface area contributed by atoms with Crippen LogP contribution >= 0.6 is 11.6 Å². The highest BCUT2D eigenvalue weighted by Gasteiger charge is 2.15. The van der Waals surface area contributed by atoms with Gasteiger partial charge in [-0.25, -0.2) is 9.18 Å². The van der Waals surface area contributed by atoms with Crippen LogP contribution in [0, 0.1) is 5.82 Å². The van der Waals surface area contributed by atoms with Gasteiger partial charge in [-0.3, -0.25) is 0 Å². The number of carboxylic acid groups (broad SMARTS) is 1. The summed E-state index contributed by atoms with van der Waals surface area (Å²) in [5.74, 6) is -2.40. The average molecular weight is 205 g/mol. The molecular weight excluding hydrogens is 199 g/mol. The molecule has 1 aromatic rings. The van der Waals surface area contributed by atoms with Crippen LogP contribution in [0.4, 0.5) is 4.39 Å². The molecule has 0 saturated carbocycles. The number of carboxylic acids is 1. The fourth-order valence-electron chi connectivity index (χ4n) is 0.877. The van der Waals surface area contributed by atoms with E-state index in [2.05, 4.69) is 0 Å². The lowest BCUT2D eigenvalue weighted by atomic mass is 10.1.